The zero-order valence-corrected chi connectivity index (χ0v) is 6.57. The maximum Gasteiger partial charge on any atom is 0.196 e. The van der Waals surface area contributed by atoms with E-state index in [2.05, 4.69) is 5.32 Å². The average molecular weight is 185 g/mol. The van der Waals surface area contributed by atoms with E-state index < -0.39 is 17.5 Å². The van der Waals surface area contributed by atoms with Crippen LogP contribution in [0.15, 0.2) is 12.1 Å². The molecule has 1 nitrogen and oxygen atoms in total. The van der Waals surface area contributed by atoms with Crippen LogP contribution in [0.4, 0.5) is 18.9 Å². The molecule has 0 radical (unpaired) electrons. The van der Waals surface area contributed by atoms with Gasteiger partial charge in [0.1, 0.15) is 0 Å². The van der Waals surface area contributed by atoms with Gasteiger partial charge in [-0.15, -0.1) is 0 Å². The Hall–Kier alpha value is -1.45. The molecule has 1 N–H and O–H groups in total. The molecule has 1 aromatic carbocycles. The summed E-state index contributed by atoms with van der Waals surface area (Å²) in [5.41, 5.74) is 0.365. The topological polar surface area (TPSA) is 12.0 Å². The van der Waals surface area contributed by atoms with Gasteiger partial charge in [0.05, 0.1) is 5.69 Å². The molecule has 0 bridgehead atoms. The number of hydrogen-bond acceptors (Lipinski definition) is 1. The summed E-state index contributed by atoms with van der Waals surface area (Å²) in [6, 6.07) is 0.969. The third-order valence-corrected chi connectivity index (χ3v) is 1.89. The number of hydrogen-bond donors (Lipinski definition) is 1. The third kappa shape index (κ3) is 1.18. The van der Waals surface area contributed by atoms with Crippen molar-refractivity contribution in [2.75, 3.05) is 11.9 Å². The average Bonchev–Trinajstić information content (AvgIpc) is 2.15. The number of benzene rings is 1. The van der Waals surface area contributed by atoms with Crippen LogP contribution in [0.5, 0.6) is 0 Å². The van der Waals surface area contributed by atoms with Gasteiger partial charge in [-0.3, -0.25) is 0 Å². The van der Waals surface area contributed by atoms with Gasteiger partial charge in [0.2, 0.25) is 0 Å². The molecule has 1 aromatic rings. The Morgan fingerprint density at radius 3 is 2.69 bits per heavy atom. The van der Waals surface area contributed by atoms with Crippen molar-refractivity contribution < 1.29 is 13.2 Å². The van der Waals surface area contributed by atoms with Crippen LogP contribution >= 0.6 is 0 Å². The summed E-state index contributed by atoms with van der Waals surface area (Å²) in [5, 5.41) is 2.63. The van der Waals surface area contributed by atoms with Crippen LogP contribution in [-0.2, 0) is 0 Å². The molecule has 0 saturated carbocycles. The second-order valence-corrected chi connectivity index (χ2v) is 2.73. The third-order valence-electron chi connectivity index (χ3n) is 1.89. The molecule has 4 heteroatoms. The first-order valence-electron chi connectivity index (χ1n) is 3.78. The molecule has 68 valence electrons. The van der Waals surface area contributed by atoms with Crippen molar-refractivity contribution in [2.24, 2.45) is 0 Å². The molecule has 0 aromatic heterocycles. The lowest BCUT2D eigenvalue weighted by molar-refractivity contribution is 0.448. The maximum atomic E-state index is 13.0. The SMILES string of the molecule is Fc1cc2c(c(F)c1F)NCC=C2. The molecule has 0 saturated heterocycles. The van der Waals surface area contributed by atoms with Crippen molar-refractivity contribution in [1.29, 1.82) is 0 Å². The number of nitrogens with one attached hydrogen (secondary N) is 1. The first-order valence-corrected chi connectivity index (χ1v) is 3.78. The highest BCUT2D eigenvalue weighted by Crippen LogP contribution is 2.27. The predicted octanol–water partition coefficient (Wildman–Crippen LogP) is 2.54. The molecule has 0 spiro atoms. The fraction of sp³-hybridized carbons (Fsp3) is 0.111. The lowest BCUT2D eigenvalue weighted by Crippen LogP contribution is -2.09. The van der Waals surface area contributed by atoms with Gasteiger partial charge in [-0.25, -0.2) is 13.2 Å². The molecular weight excluding hydrogens is 179 g/mol. The largest absolute Gasteiger partial charge is 0.379 e. The summed E-state index contributed by atoms with van der Waals surface area (Å²) in [4.78, 5) is 0. The van der Waals surface area contributed by atoms with Crippen molar-refractivity contribution in [1.82, 2.24) is 0 Å². The molecule has 1 aliphatic heterocycles. The van der Waals surface area contributed by atoms with Gasteiger partial charge in [0, 0.05) is 12.1 Å². The molecule has 13 heavy (non-hydrogen) atoms. The van der Waals surface area contributed by atoms with E-state index in [1.54, 1.807) is 12.2 Å². The Balaban J connectivity index is 2.69. The van der Waals surface area contributed by atoms with E-state index in [4.69, 9.17) is 0 Å². The van der Waals surface area contributed by atoms with Crippen LogP contribution in [0.2, 0.25) is 0 Å². The standard InChI is InChI=1S/C9H6F3N/c10-6-4-5-2-1-3-13-9(5)8(12)7(6)11/h1-2,4,13H,3H2. The number of halogens is 3. The van der Waals surface area contributed by atoms with E-state index in [0.717, 1.165) is 6.07 Å². The van der Waals surface area contributed by atoms with Gasteiger partial charge in [-0.1, -0.05) is 12.2 Å². The van der Waals surface area contributed by atoms with Crippen LogP contribution < -0.4 is 5.32 Å². The van der Waals surface area contributed by atoms with E-state index in [1.807, 2.05) is 0 Å². The smallest absolute Gasteiger partial charge is 0.196 e. The molecule has 0 aliphatic carbocycles. The normalized spacial score (nSPS) is 13.8. The molecular formula is C9H6F3N. The Labute approximate surface area is 72.9 Å². The van der Waals surface area contributed by atoms with Crippen molar-refractivity contribution in [3.8, 4) is 0 Å². The number of anilines is 1. The van der Waals surface area contributed by atoms with Crippen LogP contribution in [0.25, 0.3) is 6.08 Å². The summed E-state index contributed by atoms with van der Waals surface area (Å²) in [6.07, 6.45) is 3.26. The highest BCUT2D eigenvalue weighted by molar-refractivity contribution is 5.70. The first kappa shape index (κ1) is 8.16. The molecule has 2 rings (SSSR count). The molecule has 1 aliphatic rings. The summed E-state index contributed by atoms with van der Waals surface area (Å²) in [6.45, 7) is 0.426. The van der Waals surface area contributed by atoms with Crippen LogP contribution in [0.3, 0.4) is 0 Å². The van der Waals surface area contributed by atoms with E-state index in [-0.39, 0.29) is 5.69 Å². The van der Waals surface area contributed by atoms with Crippen LogP contribution in [0.1, 0.15) is 5.56 Å². The summed E-state index contributed by atoms with van der Waals surface area (Å²) in [5.74, 6) is -3.74. The molecule has 0 unspecified atom stereocenters. The van der Waals surface area contributed by atoms with Gasteiger partial charge < -0.3 is 5.32 Å². The van der Waals surface area contributed by atoms with Gasteiger partial charge in [-0.2, -0.15) is 0 Å². The second kappa shape index (κ2) is 2.80. The van der Waals surface area contributed by atoms with Gasteiger partial charge in [0.25, 0.3) is 0 Å². The maximum absolute atomic E-state index is 13.0. The monoisotopic (exact) mass is 185 g/mol. The van der Waals surface area contributed by atoms with Gasteiger partial charge in [-0.05, 0) is 6.07 Å². The molecule has 1 heterocycles. The zero-order chi connectivity index (χ0) is 9.42. The lowest BCUT2D eigenvalue weighted by atomic mass is 10.1. The Morgan fingerprint density at radius 2 is 1.92 bits per heavy atom. The van der Waals surface area contributed by atoms with E-state index in [9.17, 15) is 13.2 Å². The predicted molar refractivity (Wildman–Crippen MR) is 43.8 cm³/mol. The van der Waals surface area contributed by atoms with Gasteiger partial charge in [0.15, 0.2) is 17.5 Å². The van der Waals surface area contributed by atoms with Crippen LogP contribution in [-0.4, -0.2) is 6.54 Å². The number of fused-ring (bicyclic) bond motifs is 1. The highest BCUT2D eigenvalue weighted by atomic mass is 19.2. The Bertz CT molecular complexity index is 385. The second-order valence-electron chi connectivity index (χ2n) is 2.73. The molecule has 0 amide bonds. The zero-order valence-electron chi connectivity index (χ0n) is 6.57. The fourth-order valence-electron chi connectivity index (χ4n) is 1.27. The minimum atomic E-state index is -1.43. The number of rotatable bonds is 0. The summed E-state index contributed by atoms with van der Waals surface area (Å²) >= 11 is 0. The first-order chi connectivity index (χ1) is 6.20. The van der Waals surface area contributed by atoms with Crippen LogP contribution in [0, 0.1) is 17.5 Å². The lowest BCUT2D eigenvalue weighted by Gasteiger charge is -2.14. The van der Waals surface area contributed by atoms with Gasteiger partial charge >= 0.3 is 0 Å². The van der Waals surface area contributed by atoms with Crippen molar-refractivity contribution in [2.45, 2.75) is 0 Å². The van der Waals surface area contributed by atoms with E-state index >= 15 is 0 Å². The highest BCUT2D eigenvalue weighted by Gasteiger charge is 2.18. The Kier molecular flexibility index (Phi) is 1.76. The summed E-state index contributed by atoms with van der Waals surface area (Å²) in [7, 11) is 0. The summed E-state index contributed by atoms with van der Waals surface area (Å²) < 4.78 is 38.4. The quantitative estimate of drug-likeness (QED) is 0.612. The minimum Gasteiger partial charge on any atom is -0.379 e. The van der Waals surface area contributed by atoms with Crippen molar-refractivity contribution >= 4 is 11.8 Å². The van der Waals surface area contributed by atoms with Crippen molar-refractivity contribution in [3.05, 3.63) is 35.2 Å². The van der Waals surface area contributed by atoms with E-state index in [0.29, 0.717) is 12.1 Å². The van der Waals surface area contributed by atoms with E-state index in [1.165, 1.54) is 0 Å². The molecule has 0 fully saturated rings. The molecule has 0 atom stereocenters. The Morgan fingerprint density at radius 1 is 1.15 bits per heavy atom. The van der Waals surface area contributed by atoms with Crippen molar-refractivity contribution in [3.63, 3.8) is 0 Å². The minimum absolute atomic E-state index is 0.0291. The fourth-order valence-corrected chi connectivity index (χ4v) is 1.27.